The van der Waals surface area contributed by atoms with Gasteiger partial charge in [0.15, 0.2) is 0 Å². The van der Waals surface area contributed by atoms with Crippen molar-refractivity contribution in [3.05, 3.63) is 68.0 Å². The van der Waals surface area contributed by atoms with Crippen molar-refractivity contribution in [1.82, 2.24) is 9.13 Å². The van der Waals surface area contributed by atoms with Gasteiger partial charge in [0.05, 0.1) is 6.61 Å². The molecule has 1 aromatic carbocycles. The van der Waals surface area contributed by atoms with Crippen LogP contribution in [0.2, 0.25) is 5.15 Å². The molecule has 0 aliphatic rings. The van der Waals surface area contributed by atoms with Crippen molar-refractivity contribution in [3.8, 4) is 0 Å². The van der Waals surface area contributed by atoms with Crippen LogP contribution in [0, 0.1) is 0 Å². The number of benzene rings is 1. The molecule has 1 aromatic heterocycles. The summed E-state index contributed by atoms with van der Waals surface area (Å²) in [5.74, 6) is 0. The smallest absolute Gasteiger partial charge is 0.334 e. The van der Waals surface area contributed by atoms with E-state index < -0.39 is 11.2 Å². The van der Waals surface area contributed by atoms with Gasteiger partial charge >= 0.3 is 5.69 Å². The van der Waals surface area contributed by atoms with Crippen molar-refractivity contribution >= 4 is 11.6 Å². The highest BCUT2D eigenvalue weighted by molar-refractivity contribution is 6.29. The normalized spacial score (nSPS) is 10.7. The van der Waals surface area contributed by atoms with Gasteiger partial charge < -0.3 is 4.74 Å². The lowest BCUT2D eigenvalue weighted by molar-refractivity contribution is 0.0600. The second kappa shape index (κ2) is 6.54. The minimum atomic E-state index is -0.460. The first kappa shape index (κ1) is 14.6. The van der Waals surface area contributed by atoms with Crippen LogP contribution in [-0.4, -0.2) is 9.13 Å². The van der Waals surface area contributed by atoms with Gasteiger partial charge in [-0.05, 0) is 12.5 Å². The summed E-state index contributed by atoms with van der Waals surface area (Å²) in [5.41, 5.74) is 0.139. The Kier molecular flexibility index (Phi) is 4.76. The Balaban J connectivity index is 2.14. The third-order valence-electron chi connectivity index (χ3n) is 2.88. The lowest BCUT2D eigenvalue weighted by Crippen LogP contribution is -2.39. The maximum atomic E-state index is 12.0. The van der Waals surface area contributed by atoms with Gasteiger partial charge in [0, 0.05) is 12.6 Å². The first-order valence-electron chi connectivity index (χ1n) is 6.25. The summed E-state index contributed by atoms with van der Waals surface area (Å²) in [6.07, 6.45) is 0. The fourth-order valence-electron chi connectivity index (χ4n) is 1.83. The molecule has 6 heteroatoms. The molecule has 0 aliphatic heterocycles. The summed E-state index contributed by atoms with van der Waals surface area (Å²) >= 11 is 5.92. The number of hydrogen-bond donors (Lipinski definition) is 0. The van der Waals surface area contributed by atoms with E-state index in [1.165, 1.54) is 10.6 Å². The van der Waals surface area contributed by atoms with Crippen LogP contribution < -0.4 is 11.2 Å². The van der Waals surface area contributed by atoms with Crippen molar-refractivity contribution in [2.45, 2.75) is 26.8 Å². The van der Waals surface area contributed by atoms with Crippen LogP contribution in [0.4, 0.5) is 0 Å². The van der Waals surface area contributed by atoms with Gasteiger partial charge in [0.1, 0.15) is 11.9 Å². The average molecular weight is 295 g/mol. The molecule has 1 heterocycles. The second-order valence-electron chi connectivity index (χ2n) is 4.22. The van der Waals surface area contributed by atoms with Crippen LogP contribution >= 0.6 is 11.6 Å². The van der Waals surface area contributed by atoms with Gasteiger partial charge in [-0.1, -0.05) is 41.9 Å². The summed E-state index contributed by atoms with van der Waals surface area (Å²) in [4.78, 5) is 23.6. The van der Waals surface area contributed by atoms with Gasteiger partial charge in [-0.15, -0.1) is 0 Å². The van der Waals surface area contributed by atoms with E-state index in [1.807, 2.05) is 30.3 Å². The zero-order valence-corrected chi connectivity index (χ0v) is 11.8. The first-order chi connectivity index (χ1) is 9.63. The largest absolute Gasteiger partial charge is 0.356 e. The molecule has 0 saturated heterocycles. The maximum absolute atomic E-state index is 12.0. The zero-order valence-electron chi connectivity index (χ0n) is 11.1. The van der Waals surface area contributed by atoms with E-state index in [2.05, 4.69) is 0 Å². The topological polar surface area (TPSA) is 53.2 Å². The molecular weight excluding hydrogens is 280 g/mol. The Labute approximate surface area is 121 Å². The minimum absolute atomic E-state index is 0.00679. The predicted octanol–water partition coefficient (Wildman–Crippen LogP) is 1.86. The summed E-state index contributed by atoms with van der Waals surface area (Å²) in [5, 5.41) is 0.0813. The number of aromatic nitrogens is 2. The Bertz CT molecular complexity index is 692. The molecule has 0 unspecified atom stereocenters. The second-order valence-corrected chi connectivity index (χ2v) is 4.61. The Morgan fingerprint density at radius 3 is 2.50 bits per heavy atom. The molecule has 106 valence electrons. The minimum Gasteiger partial charge on any atom is -0.356 e. The molecule has 0 spiro atoms. The molecular formula is C14H15ClN2O3. The molecule has 0 bridgehead atoms. The summed E-state index contributed by atoms with van der Waals surface area (Å²) in [6.45, 7) is 2.40. The lowest BCUT2D eigenvalue weighted by Gasteiger charge is -2.11. The standard InChI is InChI=1S/C14H15ClN2O3/c1-2-16-13(18)8-12(15)17(14(16)19)10-20-9-11-6-4-3-5-7-11/h3-8H,2,9-10H2,1H3. The van der Waals surface area contributed by atoms with E-state index in [4.69, 9.17) is 16.3 Å². The molecule has 0 fully saturated rings. The number of halogens is 1. The van der Waals surface area contributed by atoms with Crippen molar-refractivity contribution in [2.24, 2.45) is 0 Å². The molecule has 0 atom stereocenters. The quantitative estimate of drug-likeness (QED) is 0.791. The Hall–Kier alpha value is -1.85. The van der Waals surface area contributed by atoms with Crippen molar-refractivity contribution < 1.29 is 4.74 Å². The van der Waals surface area contributed by atoms with Gasteiger partial charge in [0.2, 0.25) is 0 Å². The van der Waals surface area contributed by atoms with Crippen LogP contribution in [0.1, 0.15) is 12.5 Å². The first-order valence-corrected chi connectivity index (χ1v) is 6.63. The van der Waals surface area contributed by atoms with Crippen LogP contribution in [-0.2, 0) is 24.6 Å². The summed E-state index contributed by atoms with van der Waals surface area (Å²) in [7, 11) is 0. The summed E-state index contributed by atoms with van der Waals surface area (Å²) in [6, 6.07) is 10.8. The van der Waals surface area contributed by atoms with Gasteiger partial charge in [0.25, 0.3) is 5.56 Å². The van der Waals surface area contributed by atoms with Crippen LogP contribution in [0.15, 0.2) is 46.0 Å². The lowest BCUT2D eigenvalue weighted by atomic mass is 10.2. The van der Waals surface area contributed by atoms with E-state index in [0.717, 1.165) is 10.1 Å². The fraction of sp³-hybridized carbons (Fsp3) is 0.286. The summed E-state index contributed by atoms with van der Waals surface area (Å²) < 4.78 is 7.81. The van der Waals surface area contributed by atoms with Crippen molar-refractivity contribution in [1.29, 1.82) is 0 Å². The molecule has 5 nitrogen and oxygen atoms in total. The molecule has 0 amide bonds. The molecule has 0 N–H and O–H groups in total. The Morgan fingerprint density at radius 1 is 1.15 bits per heavy atom. The van der Waals surface area contributed by atoms with E-state index in [1.54, 1.807) is 6.92 Å². The SMILES string of the molecule is CCn1c(=O)cc(Cl)n(COCc2ccccc2)c1=O. The third-order valence-corrected chi connectivity index (χ3v) is 3.19. The van der Waals surface area contributed by atoms with E-state index >= 15 is 0 Å². The molecule has 0 radical (unpaired) electrons. The highest BCUT2D eigenvalue weighted by Gasteiger charge is 2.08. The van der Waals surface area contributed by atoms with E-state index in [9.17, 15) is 9.59 Å². The number of hydrogen-bond acceptors (Lipinski definition) is 3. The average Bonchev–Trinajstić information content (AvgIpc) is 2.44. The van der Waals surface area contributed by atoms with Crippen LogP contribution in [0.3, 0.4) is 0 Å². The molecule has 0 saturated carbocycles. The van der Waals surface area contributed by atoms with Crippen molar-refractivity contribution in [2.75, 3.05) is 0 Å². The fourth-order valence-corrected chi connectivity index (χ4v) is 2.04. The van der Waals surface area contributed by atoms with E-state index in [-0.39, 0.29) is 11.9 Å². The molecule has 20 heavy (non-hydrogen) atoms. The highest BCUT2D eigenvalue weighted by Crippen LogP contribution is 2.05. The molecule has 2 rings (SSSR count). The van der Waals surface area contributed by atoms with Gasteiger partial charge in [-0.3, -0.25) is 13.9 Å². The third kappa shape index (κ3) is 3.18. The number of nitrogens with zero attached hydrogens (tertiary/aromatic N) is 2. The molecule has 2 aromatic rings. The molecule has 0 aliphatic carbocycles. The maximum Gasteiger partial charge on any atom is 0.334 e. The van der Waals surface area contributed by atoms with E-state index in [0.29, 0.717) is 13.2 Å². The van der Waals surface area contributed by atoms with Crippen LogP contribution in [0.5, 0.6) is 0 Å². The zero-order chi connectivity index (χ0) is 14.5. The van der Waals surface area contributed by atoms with Crippen LogP contribution in [0.25, 0.3) is 0 Å². The monoisotopic (exact) mass is 294 g/mol. The number of ether oxygens (including phenoxy) is 1. The van der Waals surface area contributed by atoms with Gasteiger partial charge in [-0.25, -0.2) is 4.79 Å². The highest BCUT2D eigenvalue weighted by atomic mass is 35.5. The van der Waals surface area contributed by atoms with Gasteiger partial charge in [-0.2, -0.15) is 0 Å². The van der Waals surface area contributed by atoms with Crippen molar-refractivity contribution in [3.63, 3.8) is 0 Å². The number of rotatable bonds is 5. The predicted molar refractivity (Wildman–Crippen MR) is 76.9 cm³/mol. The Morgan fingerprint density at radius 2 is 1.85 bits per heavy atom.